The molecular weight excluding hydrogens is 385 g/mol. The molecule has 0 N–H and O–H groups in total. The van der Waals surface area contributed by atoms with Crippen molar-refractivity contribution in [1.29, 1.82) is 0 Å². The number of carbonyl (C=O) groups excluding carboxylic acids is 1. The van der Waals surface area contributed by atoms with Gasteiger partial charge in [0.1, 0.15) is 0 Å². The van der Waals surface area contributed by atoms with Gasteiger partial charge in [-0.25, -0.2) is 0 Å². The van der Waals surface area contributed by atoms with Crippen molar-refractivity contribution < 1.29 is 4.79 Å². The molecule has 0 atom stereocenters. The van der Waals surface area contributed by atoms with Crippen LogP contribution >= 0.6 is 0 Å². The molecule has 3 aromatic carbocycles. The number of carbonyl (C=O) groups is 1. The third-order valence-electron chi connectivity index (χ3n) is 4.44. The van der Waals surface area contributed by atoms with Gasteiger partial charge < -0.3 is 0 Å². The number of rotatable bonds is 6. The summed E-state index contributed by atoms with van der Waals surface area (Å²) in [5, 5.41) is 1.13. The van der Waals surface area contributed by atoms with E-state index in [-0.39, 0.29) is 19.6 Å². The van der Waals surface area contributed by atoms with Crippen molar-refractivity contribution in [2.75, 3.05) is 0 Å². The molecule has 0 fully saturated rings. The van der Waals surface area contributed by atoms with Gasteiger partial charge in [0.15, 0.2) is 0 Å². The molecule has 0 aliphatic rings. The third-order valence-corrected chi connectivity index (χ3v) is 6.33. The fraction of sp³-hybridized carbons (Fsp3) is 0.0870. The van der Waals surface area contributed by atoms with Gasteiger partial charge in [-0.2, -0.15) is 0 Å². The molecule has 4 aromatic rings. The Hall–Kier alpha value is -2.61. The van der Waals surface area contributed by atoms with Gasteiger partial charge in [0.05, 0.1) is 0 Å². The van der Waals surface area contributed by atoms with Crippen LogP contribution in [0.1, 0.15) is 16.1 Å². The molecule has 1 aromatic heterocycles. The number of benzene rings is 3. The Bertz CT molecular complexity index is 1020. The number of fused-ring (bicyclic) bond motifs is 1. The molecule has 128 valence electrons. The predicted molar refractivity (Wildman–Crippen MR) is 108 cm³/mol. The second-order valence-electron chi connectivity index (χ2n) is 6.18. The number of aryl methyl sites for hydroxylation is 2. The topological polar surface area (TPSA) is 22.0 Å². The van der Waals surface area contributed by atoms with Crippen LogP contribution in [-0.4, -0.2) is 24.2 Å². The van der Waals surface area contributed by atoms with Gasteiger partial charge in [-0.1, -0.05) is 0 Å². The average Bonchev–Trinajstić information content (AvgIpc) is 3.07. The first-order valence-electron chi connectivity index (χ1n) is 8.71. The summed E-state index contributed by atoms with van der Waals surface area (Å²) in [6, 6.07) is 30.8. The number of aromatic nitrogens is 1. The Labute approximate surface area is 159 Å². The van der Waals surface area contributed by atoms with Crippen molar-refractivity contribution in [3.63, 3.8) is 0 Å². The van der Waals surface area contributed by atoms with E-state index in [1.165, 1.54) is 5.56 Å². The Balaban J connectivity index is 1.66. The van der Waals surface area contributed by atoms with Crippen molar-refractivity contribution in [2.24, 2.45) is 0 Å². The van der Waals surface area contributed by atoms with Gasteiger partial charge in [0.2, 0.25) is 0 Å². The maximum absolute atomic E-state index is 13.0. The SMILES string of the molecule is O=C([Se]c1ccccc1)c1cc2ccccc2n1CCc1ccccc1. The summed E-state index contributed by atoms with van der Waals surface area (Å²) in [7, 11) is 0. The van der Waals surface area contributed by atoms with Crippen LogP contribution in [0.15, 0.2) is 91.0 Å². The third kappa shape index (κ3) is 3.65. The number of para-hydroxylation sites is 1. The molecule has 0 bridgehead atoms. The number of hydrogen-bond donors (Lipinski definition) is 0. The molecule has 4 rings (SSSR count). The minimum absolute atomic E-state index is 0.208. The van der Waals surface area contributed by atoms with Gasteiger partial charge in [0.25, 0.3) is 0 Å². The molecule has 26 heavy (non-hydrogen) atoms. The zero-order valence-electron chi connectivity index (χ0n) is 14.3. The molecule has 0 aliphatic heterocycles. The second kappa shape index (κ2) is 7.74. The number of nitrogens with zero attached hydrogens (tertiary/aromatic N) is 1. The molecule has 0 unspecified atom stereocenters. The van der Waals surface area contributed by atoms with Gasteiger partial charge in [0, 0.05) is 0 Å². The maximum atomic E-state index is 13.0. The van der Waals surface area contributed by atoms with Crippen molar-refractivity contribution in [3.05, 3.63) is 102 Å². The molecule has 0 saturated heterocycles. The molecule has 1 heterocycles. The molecule has 3 heteroatoms. The molecular formula is C23H19NOSe. The van der Waals surface area contributed by atoms with Crippen molar-refractivity contribution in [3.8, 4) is 0 Å². The summed E-state index contributed by atoms with van der Waals surface area (Å²) in [5.74, 6) is 0. The first-order valence-corrected chi connectivity index (χ1v) is 10.4. The minimum atomic E-state index is -0.208. The van der Waals surface area contributed by atoms with E-state index in [2.05, 4.69) is 41.0 Å². The monoisotopic (exact) mass is 405 g/mol. The first-order chi connectivity index (χ1) is 12.8. The van der Waals surface area contributed by atoms with Crippen LogP contribution in [0.4, 0.5) is 0 Å². The van der Waals surface area contributed by atoms with E-state index < -0.39 is 0 Å². The first kappa shape index (κ1) is 16.8. The normalized spacial score (nSPS) is 10.9. The van der Waals surface area contributed by atoms with E-state index in [4.69, 9.17) is 0 Å². The molecule has 2 nitrogen and oxygen atoms in total. The molecule has 0 saturated carbocycles. The Morgan fingerprint density at radius 3 is 2.23 bits per heavy atom. The zero-order chi connectivity index (χ0) is 17.8. The van der Waals surface area contributed by atoms with Crippen molar-refractivity contribution in [2.45, 2.75) is 13.0 Å². The second-order valence-corrected chi connectivity index (χ2v) is 8.37. The Morgan fingerprint density at radius 1 is 0.808 bits per heavy atom. The Kier molecular flexibility index (Phi) is 5.01. The van der Waals surface area contributed by atoms with Crippen LogP contribution in [0.25, 0.3) is 10.9 Å². The summed E-state index contributed by atoms with van der Waals surface area (Å²) in [4.78, 5) is 13.0. The van der Waals surface area contributed by atoms with Crippen LogP contribution in [0.5, 0.6) is 0 Å². The van der Waals surface area contributed by atoms with Crippen LogP contribution in [0.2, 0.25) is 0 Å². The average molecular weight is 404 g/mol. The fourth-order valence-electron chi connectivity index (χ4n) is 3.15. The van der Waals surface area contributed by atoms with Gasteiger partial charge in [-0.05, 0) is 0 Å². The van der Waals surface area contributed by atoms with E-state index in [1.807, 2.05) is 54.6 Å². The summed E-state index contributed by atoms with van der Waals surface area (Å²) in [5.41, 5.74) is 3.25. The van der Waals surface area contributed by atoms with Crippen LogP contribution < -0.4 is 4.46 Å². The molecule has 0 radical (unpaired) electrons. The van der Waals surface area contributed by atoms with Gasteiger partial charge in [-0.3, -0.25) is 0 Å². The summed E-state index contributed by atoms with van der Waals surface area (Å²) < 4.78 is 3.54. The van der Waals surface area contributed by atoms with Crippen molar-refractivity contribution >= 4 is 35.0 Å². The van der Waals surface area contributed by atoms with E-state index in [9.17, 15) is 4.79 Å². The summed E-state index contributed by atoms with van der Waals surface area (Å²) >= 11 is -0.208. The van der Waals surface area contributed by atoms with Gasteiger partial charge in [-0.15, -0.1) is 0 Å². The van der Waals surface area contributed by atoms with Gasteiger partial charge >= 0.3 is 160 Å². The van der Waals surface area contributed by atoms with E-state index in [0.29, 0.717) is 0 Å². The van der Waals surface area contributed by atoms with Crippen LogP contribution in [0, 0.1) is 0 Å². The number of hydrogen-bond acceptors (Lipinski definition) is 1. The van der Waals surface area contributed by atoms with Crippen LogP contribution in [-0.2, 0) is 13.0 Å². The zero-order valence-corrected chi connectivity index (χ0v) is 16.1. The Morgan fingerprint density at radius 2 is 1.46 bits per heavy atom. The standard InChI is InChI=1S/C23H19NOSe/c25-23(26-20-12-5-2-6-13-20)22-17-19-11-7-8-14-21(19)24(22)16-15-18-9-3-1-4-10-18/h1-14,17H,15-16H2. The van der Waals surface area contributed by atoms with E-state index in [1.54, 1.807) is 0 Å². The molecule has 0 aliphatic carbocycles. The fourth-order valence-corrected chi connectivity index (χ4v) is 4.79. The quantitative estimate of drug-likeness (QED) is 0.445. The predicted octanol–water partition coefficient (Wildman–Crippen LogP) is 4.05. The summed E-state index contributed by atoms with van der Waals surface area (Å²) in [6.07, 6.45) is 0.915. The molecule has 0 spiro atoms. The van der Waals surface area contributed by atoms with E-state index in [0.717, 1.165) is 34.0 Å². The van der Waals surface area contributed by atoms with Crippen LogP contribution in [0.3, 0.4) is 0 Å². The summed E-state index contributed by atoms with van der Waals surface area (Å²) in [6.45, 7) is 0.809. The van der Waals surface area contributed by atoms with E-state index >= 15 is 0 Å². The van der Waals surface area contributed by atoms with Crippen molar-refractivity contribution in [1.82, 2.24) is 4.57 Å². The molecule has 0 amide bonds.